The third kappa shape index (κ3) is 6.80. The molecule has 0 radical (unpaired) electrons. The largest absolute Gasteiger partial charge is 0.350 e. The van der Waals surface area contributed by atoms with Gasteiger partial charge in [-0.25, -0.2) is 4.79 Å². The van der Waals surface area contributed by atoms with Crippen molar-refractivity contribution in [2.45, 2.75) is 26.3 Å². The van der Waals surface area contributed by atoms with Crippen molar-refractivity contribution in [1.29, 1.82) is 0 Å². The van der Waals surface area contributed by atoms with Crippen molar-refractivity contribution >= 4 is 35.1 Å². The minimum absolute atomic E-state index is 0.0582. The van der Waals surface area contributed by atoms with Gasteiger partial charge < -0.3 is 16.0 Å². The van der Waals surface area contributed by atoms with Crippen LogP contribution in [-0.2, 0) is 4.79 Å². The van der Waals surface area contributed by atoms with Crippen LogP contribution in [0.4, 0.5) is 16.2 Å². The Morgan fingerprint density at radius 3 is 2.19 bits per heavy atom. The van der Waals surface area contributed by atoms with E-state index < -0.39 is 0 Å². The van der Waals surface area contributed by atoms with Gasteiger partial charge in [0.1, 0.15) is 0 Å². The fourth-order valence-corrected chi connectivity index (χ4v) is 2.99. The zero-order valence-corrected chi connectivity index (χ0v) is 15.9. The van der Waals surface area contributed by atoms with E-state index in [-0.39, 0.29) is 18.0 Å². The fraction of sp³-hybridized carbons (Fsp3) is 0.300. The molecule has 0 spiro atoms. The smallest absolute Gasteiger partial charge is 0.323 e. The Labute approximate surface area is 159 Å². The van der Waals surface area contributed by atoms with Crippen LogP contribution in [0.25, 0.3) is 0 Å². The summed E-state index contributed by atoms with van der Waals surface area (Å²) in [7, 11) is 0. The molecule has 0 aliphatic heterocycles. The summed E-state index contributed by atoms with van der Waals surface area (Å²) in [6.45, 7) is 4.04. The van der Waals surface area contributed by atoms with E-state index in [0.29, 0.717) is 12.1 Å². The molecule has 1 atom stereocenters. The molecule has 0 aliphatic rings. The zero-order chi connectivity index (χ0) is 18.8. The summed E-state index contributed by atoms with van der Waals surface area (Å²) in [6.07, 6.45) is 0.530. The number of para-hydroxylation sites is 1. The maximum atomic E-state index is 12.0. The lowest BCUT2D eigenvalue weighted by molar-refractivity contribution is -0.121. The van der Waals surface area contributed by atoms with Gasteiger partial charge in [0.25, 0.3) is 0 Å². The molecule has 3 amide bonds. The molecule has 0 aliphatic carbocycles. The third-order valence-corrected chi connectivity index (χ3v) is 4.66. The first-order valence-corrected chi connectivity index (χ1v) is 9.84. The van der Waals surface area contributed by atoms with Gasteiger partial charge in [0, 0.05) is 23.5 Å². The molecule has 2 aromatic carbocycles. The van der Waals surface area contributed by atoms with Crippen LogP contribution in [0.2, 0.25) is 0 Å². The predicted molar refractivity (Wildman–Crippen MR) is 110 cm³/mol. The van der Waals surface area contributed by atoms with Crippen molar-refractivity contribution in [2.24, 2.45) is 0 Å². The first-order valence-electron chi connectivity index (χ1n) is 8.68. The molecule has 2 aromatic rings. The molecule has 6 heteroatoms. The number of carbonyl (C=O) groups is 2. The van der Waals surface area contributed by atoms with Crippen molar-refractivity contribution in [2.75, 3.05) is 22.1 Å². The summed E-state index contributed by atoms with van der Waals surface area (Å²) in [5.74, 6) is 1.92. The normalized spacial score (nSPS) is 11.5. The van der Waals surface area contributed by atoms with Gasteiger partial charge in [0.2, 0.25) is 5.91 Å². The van der Waals surface area contributed by atoms with Gasteiger partial charge >= 0.3 is 6.03 Å². The number of urea groups is 1. The van der Waals surface area contributed by atoms with Crippen molar-refractivity contribution in [3.05, 3.63) is 60.2 Å². The lowest BCUT2D eigenvalue weighted by Gasteiger charge is -2.15. The van der Waals surface area contributed by atoms with Crippen molar-refractivity contribution < 1.29 is 9.59 Å². The molecule has 138 valence electrons. The van der Waals surface area contributed by atoms with Crippen LogP contribution in [-0.4, -0.2) is 23.4 Å². The Hall–Kier alpha value is -2.47. The molecule has 2 rings (SSSR count). The van der Waals surface area contributed by atoms with Crippen LogP contribution in [0.15, 0.2) is 54.6 Å². The lowest BCUT2D eigenvalue weighted by Crippen LogP contribution is -2.26. The van der Waals surface area contributed by atoms with E-state index in [1.54, 1.807) is 11.8 Å². The van der Waals surface area contributed by atoms with Gasteiger partial charge in [0.15, 0.2) is 0 Å². The number of rotatable bonds is 8. The van der Waals surface area contributed by atoms with E-state index in [4.69, 9.17) is 0 Å². The predicted octanol–water partition coefficient (Wildman–Crippen LogP) is 4.65. The van der Waals surface area contributed by atoms with Gasteiger partial charge in [-0.3, -0.25) is 4.79 Å². The standard InChI is InChI=1S/C20H25N3O2S/c1-3-26-14-13-19(24)21-15(2)16-9-11-18(12-10-16)23-20(25)22-17-7-5-4-6-8-17/h4-12,15H,3,13-14H2,1-2H3,(H,21,24)(H2,22,23,25)/t15-/m1/s1. The van der Waals surface area contributed by atoms with E-state index in [1.807, 2.05) is 61.5 Å². The topological polar surface area (TPSA) is 70.2 Å². The van der Waals surface area contributed by atoms with E-state index >= 15 is 0 Å². The summed E-state index contributed by atoms with van der Waals surface area (Å²) in [6, 6.07) is 16.4. The molecular formula is C20H25N3O2S. The Morgan fingerprint density at radius 1 is 0.962 bits per heavy atom. The summed E-state index contributed by atoms with van der Waals surface area (Å²) in [4.78, 5) is 23.9. The minimum atomic E-state index is -0.293. The van der Waals surface area contributed by atoms with Crippen LogP contribution in [0.1, 0.15) is 31.9 Å². The van der Waals surface area contributed by atoms with E-state index in [2.05, 4.69) is 22.9 Å². The Kier molecular flexibility index (Phi) is 8.02. The quantitative estimate of drug-likeness (QED) is 0.592. The van der Waals surface area contributed by atoms with Gasteiger partial charge in [-0.2, -0.15) is 11.8 Å². The Morgan fingerprint density at radius 2 is 1.58 bits per heavy atom. The number of carbonyl (C=O) groups excluding carboxylic acids is 2. The van der Waals surface area contributed by atoms with Crippen LogP contribution in [0.5, 0.6) is 0 Å². The molecule has 0 aromatic heterocycles. The third-order valence-electron chi connectivity index (χ3n) is 3.76. The highest BCUT2D eigenvalue weighted by atomic mass is 32.2. The zero-order valence-electron chi connectivity index (χ0n) is 15.1. The summed E-state index contributed by atoms with van der Waals surface area (Å²) in [5, 5.41) is 8.56. The van der Waals surface area contributed by atoms with Crippen LogP contribution >= 0.6 is 11.8 Å². The highest BCUT2D eigenvalue weighted by Gasteiger charge is 2.10. The lowest BCUT2D eigenvalue weighted by atomic mass is 10.1. The highest BCUT2D eigenvalue weighted by Crippen LogP contribution is 2.17. The van der Waals surface area contributed by atoms with Crippen LogP contribution < -0.4 is 16.0 Å². The van der Waals surface area contributed by atoms with Gasteiger partial charge in [0.05, 0.1) is 6.04 Å². The molecule has 0 fully saturated rings. The number of anilines is 2. The molecule has 0 bridgehead atoms. The second kappa shape index (κ2) is 10.5. The van der Waals surface area contributed by atoms with E-state index in [1.165, 1.54) is 0 Å². The first-order chi connectivity index (χ1) is 12.6. The monoisotopic (exact) mass is 371 g/mol. The van der Waals surface area contributed by atoms with Crippen LogP contribution in [0.3, 0.4) is 0 Å². The average Bonchev–Trinajstić information content (AvgIpc) is 2.63. The number of nitrogens with one attached hydrogen (secondary N) is 3. The summed E-state index contributed by atoms with van der Waals surface area (Å²) >= 11 is 1.76. The SMILES string of the molecule is CCSCCC(=O)N[C@H](C)c1ccc(NC(=O)Nc2ccccc2)cc1. The van der Waals surface area contributed by atoms with E-state index in [0.717, 1.165) is 22.8 Å². The number of amides is 3. The second-order valence-corrected chi connectivity index (χ2v) is 7.20. The molecule has 0 unspecified atom stereocenters. The fourth-order valence-electron chi connectivity index (χ4n) is 2.38. The minimum Gasteiger partial charge on any atom is -0.350 e. The number of thioether (sulfide) groups is 1. The van der Waals surface area contributed by atoms with Gasteiger partial charge in [-0.15, -0.1) is 0 Å². The molecule has 26 heavy (non-hydrogen) atoms. The number of benzene rings is 2. The van der Waals surface area contributed by atoms with Crippen molar-refractivity contribution in [3.63, 3.8) is 0 Å². The van der Waals surface area contributed by atoms with Gasteiger partial charge in [-0.05, 0) is 42.5 Å². The summed E-state index contributed by atoms with van der Waals surface area (Å²) in [5.41, 5.74) is 2.43. The van der Waals surface area contributed by atoms with Crippen molar-refractivity contribution in [3.8, 4) is 0 Å². The number of hydrogen-bond donors (Lipinski definition) is 3. The Bertz CT molecular complexity index is 705. The highest BCUT2D eigenvalue weighted by molar-refractivity contribution is 7.99. The molecule has 0 saturated carbocycles. The van der Waals surface area contributed by atoms with Crippen molar-refractivity contribution in [1.82, 2.24) is 5.32 Å². The van der Waals surface area contributed by atoms with Crippen LogP contribution in [0, 0.1) is 0 Å². The maximum absolute atomic E-state index is 12.0. The maximum Gasteiger partial charge on any atom is 0.323 e. The molecule has 3 N–H and O–H groups in total. The molecule has 0 saturated heterocycles. The molecule has 0 heterocycles. The van der Waals surface area contributed by atoms with E-state index in [9.17, 15) is 9.59 Å². The second-order valence-electron chi connectivity index (χ2n) is 5.80. The Balaban J connectivity index is 1.83. The first kappa shape index (κ1) is 19.8. The average molecular weight is 372 g/mol. The van der Waals surface area contributed by atoms with Gasteiger partial charge in [-0.1, -0.05) is 37.3 Å². The number of hydrogen-bond acceptors (Lipinski definition) is 3. The molecular weight excluding hydrogens is 346 g/mol. The molecule has 5 nitrogen and oxygen atoms in total. The summed E-state index contributed by atoms with van der Waals surface area (Å²) < 4.78 is 0.